The van der Waals surface area contributed by atoms with Crippen LogP contribution in [0.3, 0.4) is 0 Å². The Hall–Kier alpha value is -1.15. The van der Waals surface area contributed by atoms with E-state index in [4.69, 9.17) is 5.73 Å². The maximum absolute atomic E-state index is 12.6. The summed E-state index contributed by atoms with van der Waals surface area (Å²) in [6.07, 6.45) is 2.99. The Bertz CT molecular complexity index is 647. The molecule has 0 bridgehead atoms. The number of carbonyl (C=O) groups is 1. The van der Waals surface area contributed by atoms with Crippen LogP contribution < -0.4 is 10.5 Å². The van der Waals surface area contributed by atoms with Gasteiger partial charge in [-0.1, -0.05) is 0 Å². The van der Waals surface area contributed by atoms with Crippen LogP contribution in [0.15, 0.2) is 29.2 Å². The second-order valence-corrected chi connectivity index (χ2v) is 7.90. The number of nitrogens with zero attached hydrogens (tertiary/aromatic N) is 1. The maximum Gasteiger partial charge on any atom is 0.254 e. The van der Waals surface area contributed by atoms with Crippen molar-refractivity contribution in [1.82, 2.24) is 9.62 Å². The van der Waals surface area contributed by atoms with Crippen molar-refractivity contribution in [3.63, 3.8) is 0 Å². The minimum atomic E-state index is -3.54. The number of nitrogens with one attached hydrogen (secondary N) is 1. The number of nitrogens with two attached hydrogens (primary N) is 1. The highest BCUT2D eigenvalue weighted by Gasteiger charge is 2.26. The van der Waals surface area contributed by atoms with Crippen LogP contribution in [0.1, 0.15) is 43.5 Å². The van der Waals surface area contributed by atoms with Crippen LogP contribution in [0.5, 0.6) is 0 Å². The number of hydrogen-bond acceptors (Lipinski definition) is 4. The normalized spacial score (nSPS) is 18.3. The highest BCUT2D eigenvalue weighted by molar-refractivity contribution is 7.89. The number of halogens is 1. The van der Waals surface area contributed by atoms with Gasteiger partial charge in [-0.25, -0.2) is 13.1 Å². The molecule has 0 spiro atoms. The molecule has 0 radical (unpaired) electrons. The van der Waals surface area contributed by atoms with Gasteiger partial charge in [-0.05, 0) is 57.4 Å². The fourth-order valence-electron chi connectivity index (χ4n) is 2.83. The van der Waals surface area contributed by atoms with Gasteiger partial charge in [0, 0.05) is 30.7 Å². The zero-order chi connectivity index (χ0) is 17.0. The van der Waals surface area contributed by atoms with Crippen molar-refractivity contribution in [3.8, 4) is 0 Å². The van der Waals surface area contributed by atoms with Crippen LogP contribution in [0.4, 0.5) is 0 Å². The van der Waals surface area contributed by atoms with E-state index in [0.29, 0.717) is 18.7 Å². The quantitative estimate of drug-likeness (QED) is 0.819. The third-order valence-electron chi connectivity index (χ3n) is 3.96. The fourth-order valence-corrected chi connectivity index (χ4v) is 4.08. The molecule has 0 aliphatic carbocycles. The first-order chi connectivity index (χ1) is 10.8. The van der Waals surface area contributed by atoms with Crippen LogP contribution in [0.25, 0.3) is 0 Å². The molecule has 2 rings (SSSR count). The summed E-state index contributed by atoms with van der Waals surface area (Å²) >= 11 is 0. The molecule has 3 N–H and O–H groups in total. The molecule has 1 fully saturated rings. The lowest BCUT2D eigenvalue weighted by atomic mass is 10.0. The monoisotopic (exact) mass is 375 g/mol. The summed E-state index contributed by atoms with van der Waals surface area (Å²) in [4.78, 5) is 14.6. The number of hydrogen-bond donors (Lipinski definition) is 2. The zero-order valence-corrected chi connectivity index (χ0v) is 15.7. The van der Waals surface area contributed by atoms with Crippen LogP contribution in [-0.4, -0.2) is 44.4 Å². The minimum absolute atomic E-state index is 0. The van der Waals surface area contributed by atoms with Crippen molar-refractivity contribution in [2.24, 2.45) is 5.73 Å². The van der Waals surface area contributed by atoms with E-state index in [9.17, 15) is 13.2 Å². The Morgan fingerprint density at radius 2 is 1.92 bits per heavy atom. The van der Waals surface area contributed by atoms with Crippen molar-refractivity contribution in [2.75, 3.05) is 13.1 Å². The molecule has 1 aromatic rings. The van der Waals surface area contributed by atoms with Gasteiger partial charge in [0.05, 0.1) is 4.90 Å². The van der Waals surface area contributed by atoms with Gasteiger partial charge in [-0.3, -0.25) is 4.79 Å². The molecular weight excluding hydrogens is 350 g/mol. The van der Waals surface area contributed by atoms with Gasteiger partial charge in [0.2, 0.25) is 10.0 Å². The van der Waals surface area contributed by atoms with E-state index in [2.05, 4.69) is 4.72 Å². The third-order valence-corrected chi connectivity index (χ3v) is 5.64. The lowest BCUT2D eigenvalue weighted by molar-refractivity contribution is 0.0623. The molecule has 0 aromatic heterocycles. The molecule has 0 saturated carbocycles. The standard InChI is InChI=1S/C16H25N3O3S.ClH/c1-12(2)18-23(21,22)15-8-6-13(7-9-15)16(20)19-10-4-3-5-14(19)11-17;/h6-9,12,14,18H,3-5,10-11,17H2,1-2H3;1H. The number of amides is 1. The van der Waals surface area contributed by atoms with Crippen LogP contribution >= 0.6 is 12.4 Å². The SMILES string of the molecule is CC(C)NS(=O)(=O)c1ccc(C(=O)N2CCCCC2CN)cc1.Cl. The summed E-state index contributed by atoms with van der Waals surface area (Å²) in [5.41, 5.74) is 6.25. The zero-order valence-electron chi connectivity index (χ0n) is 14.1. The van der Waals surface area contributed by atoms with Crippen molar-refractivity contribution in [3.05, 3.63) is 29.8 Å². The Morgan fingerprint density at radius 3 is 2.46 bits per heavy atom. The Kier molecular flexibility index (Phi) is 7.66. The average Bonchev–Trinajstić information content (AvgIpc) is 2.53. The summed E-state index contributed by atoms with van der Waals surface area (Å²) in [6.45, 7) is 4.68. The largest absolute Gasteiger partial charge is 0.334 e. The third kappa shape index (κ3) is 4.92. The van der Waals surface area contributed by atoms with Gasteiger partial charge in [-0.15, -0.1) is 12.4 Å². The predicted octanol–water partition coefficient (Wildman–Crippen LogP) is 1.75. The number of likely N-dealkylation sites (tertiary alicyclic amines) is 1. The number of benzene rings is 1. The summed E-state index contributed by atoms with van der Waals surface area (Å²) in [5.74, 6) is -0.0825. The van der Waals surface area contributed by atoms with Crippen molar-refractivity contribution < 1.29 is 13.2 Å². The molecule has 136 valence electrons. The van der Waals surface area contributed by atoms with Gasteiger partial charge >= 0.3 is 0 Å². The van der Waals surface area contributed by atoms with Crippen LogP contribution in [0, 0.1) is 0 Å². The predicted molar refractivity (Wildman–Crippen MR) is 96.9 cm³/mol. The molecular formula is C16H26ClN3O3S. The fraction of sp³-hybridized carbons (Fsp3) is 0.562. The first kappa shape index (κ1) is 20.9. The summed E-state index contributed by atoms with van der Waals surface area (Å²) < 4.78 is 26.7. The lowest BCUT2D eigenvalue weighted by Gasteiger charge is -2.35. The molecule has 1 heterocycles. The molecule has 1 aliphatic rings. The molecule has 1 aromatic carbocycles. The molecule has 1 amide bonds. The van der Waals surface area contributed by atoms with E-state index in [1.165, 1.54) is 12.1 Å². The van der Waals surface area contributed by atoms with E-state index in [1.807, 2.05) is 0 Å². The minimum Gasteiger partial charge on any atom is -0.334 e. The van der Waals surface area contributed by atoms with E-state index in [0.717, 1.165) is 19.3 Å². The highest BCUT2D eigenvalue weighted by atomic mass is 35.5. The summed E-state index contributed by atoms with van der Waals surface area (Å²) in [6, 6.07) is 5.97. The van der Waals surface area contributed by atoms with E-state index < -0.39 is 10.0 Å². The molecule has 1 atom stereocenters. The summed E-state index contributed by atoms with van der Waals surface area (Å²) in [7, 11) is -3.54. The van der Waals surface area contributed by atoms with Gasteiger partial charge in [0.25, 0.3) is 5.91 Å². The summed E-state index contributed by atoms with van der Waals surface area (Å²) in [5, 5.41) is 0. The molecule has 1 saturated heterocycles. The van der Waals surface area contributed by atoms with Crippen LogP contribution in [0.2, 0.25) is 0 Å². The lowest BCUT2D eigenvalue weighted by Crippen LogP contribution is -2.47. The van der Waals surface area contributed by atoms with Gasteiger partial charge < -0.3 is 10.6 Å². The number of carbonyl (C=O) groups excluding carboxylic acids is 1. The Morgan fingerprint density at radius 1 is 1.29 bits per heavy atom. The topological polar surface area (TPSA) is 92.5 Å². The maximum atomic E-state index is 12.6. The molecule has 6 nitrogen and oxygen atoms in total. The highest BCUT2D eigenvalue weighted by Crippen LogP contribution is 2.20. The van der Waals surface area contributed by atoms with Crippen LogP contribution in [-0.2, 0) is 10.0 Å². The first-order valence-corrected chi connectivity index (χ1v) is 9.47. The van der Waals surface area contributed by atoms with Gasteiger partial charge in [0.15, 0.2) is 0 Å². The first-order valence-electron chi connectivity index (χ1n) is 7.98. The van der Waals surface area contributed by atoms with Gasteiger partial charge in [-0.2, -0.15) is 0 Å². The van der Waals surface area contributed by atoms with Crippen molar-refractivity contribution in [2.45, 2.75) is 50.1 Å². The average molecular weight is 376 g/mol. The van der Waals surface area contributed by atoms with E-state index in [1.54, 1.807) is 30.9 Å². The Balaban J connectivity index is 0.00000288. The smallest absolute Gasteiger partial charge is 0.254 e. The molecule has 24 heavy (non-hydrogen) atoms. The number of rotatable bonds is 5. The number of sulfonamides is 1. The van der Waals surface area contributed by atoms with Crippen molar-refractivity contribution in [1.29, 1.82) is 0 Å². The second-order valence-electron chi connectivity index (χ2n) is 6.18. The molecule has 8 heteroatoms. The van der Waals surface area contributed by atoms with Crippen molar-refractivity contribution >= 4 is 28.3 Å². The van der Waals surface area contributed by atoms with E-state index >= 15 is 0 Å². The van der Waals surface area contributed by atoms with E-state index in [-0.39, 0.29) is 35.3 Å². The molecule has 1 unspecified atom stereocenters. The number of piperidine rings is 1. The Labute approximate surface area is 150 Å². The van der Waals surface area contributed by atoms with Gasteiger partial charge in [0.1, 0.15) is 0 Å². The second kappa shape index (κ2) is 8.80. The molecule has 1 aliphatic heterocycles.